The Labute approximate surface area is 192 Å². The predicted molar refractivity (Wildman–Crippen MR) is 125 cm³/mol. The molecule has 2 fully saturated rings. The summed E-state index contributed by atoms with van der Waals surface area (Å²) in [6, 6.07) is 13.2. The number of hydrogen-bond donors (Lipinski definition) is 0. The zero-order valence-corrected chi connectivity index (χ0v) is 19.0. The molecule has 2 saturated heterocycles. The molecule has 168 valence electrons. The molecule has 6 heteroatoms. The summed E-state index contributed by atoms with van der Waals surface area (Å²) in [5.74, 6) is 0.582. The highest BCUT2D eigenvalue weighted by Crippen LogP contribution is 2.37. The van der Waals surface area contributed by atoms with Crippen LogP contribution in [0.3, 0.4) is 0 Å². The van der Waals surface area contributed by atoms with Gasteiger partial charge in [0.05, 0.1) is 10.5 Å². The second-order valence-corrected chi connectivity index (χ2v) is 9.48. The average molecular weight is 455 g/mol. The van der Waals surface area contributed by atoms with E-state index in [2.05, 4.69) is 9.47 Å². The maximum atomic E-state index is 13.2. The number of nitrogens with zero attached hydrogens (tertiary/aromatic N) is 2. The number of carbonyl (C=O) groups is 1. The fourth-order valence-corrected chi connectivity index (χ4v) is 5.87. The normalized spacial score (nSPS) is 23.0. The largest absolute Gasteiger partial charge is 0.490 e. The van der Waals surface area contributed by atoms with E-state index < -0.39 is 0 Å². The second-order valence-electron chi connectivity index (χ2n) is 9.07. The molecule has 2 aromatic carbocycles. The van der Waals surface area contributed by atoms with Crippen molar-refractivity contribution in [1.82, 2.24) is 9.47 Å². The smallest absolute Gasteiger partial charge is 0.161 e. The average Bonchev–Trinajstić information content (AvgIpc) is 3.25. The van der Waals surface area contributed by atoms with Crippen LogP contribution in [0.5, 0.6) is 5.75 Å². The van der Waals surface area contributed by atoms with Gasteiger partial charge in [0.15, 0.2) is 5.78 Å². The number of ether oxygens (including phenoxy) is 1. The zero-order chi connectivity index (χ0) is 22.2. The summed E-state index contributed by atoms with van der Waals surface area (Å²) in [6.45, 7) is 3.47. The lowest BCUT2D eigenvalue weighted by atomic mass is 9.99. The van der Waals surface area contributed by atoms with Crippen molar-refractivity contribution in [1.29, 1.82) is 0 Å². The molecule has 0 amide bonds. The number of piperidine rings is 1. The van der Waals surface area contributed by atoms with Crippen molar-refractivity contribution < 1.29 is 13.9 Å². The number of aromatic nitrogens is 1. The number of para-hydroxylation sites is 1. The van der Waals surface area contributed by atoms with Crippen molar-refractivity contribution in [3.05, 3.63) is 65.1 Å². The highest BCUT2D eigenvalue weighted by Gasteiger charge is 2.41. The Morgan fingerprint density at radius 1 is 1.09 bits per heavy atom. The second kappa shape index (κ2) is 8.87. The van der Waals surface area contributed by atoms with Gasteiger partial charge in [0, 0.05) is 42.3 Å². The van der Waals surface area contributed by atoms with Crippen molar-refractivity contribution in [3.63, 3.8) is 0 Å². The van der Waals surface area contributed by atoms with Gasteiger partial charge in [-0.1, -0.05) is 23.7 Å². The Kier molecular flexibility index (Phi) is 5.95. The number of carbonyl (C=O) groups excluding carboxylic acids is 1. The monoisotopic (exact) mass is 454 g/mol. The molecule has 0 aliphatic carbocycles. The van der Waals surface area contributed by atoms with Crippen LogP contribution < -0.4 is 4.74 Å². The molecule has 0 radical (unpaired) electrons. The van der Waals surface area contributed by atoms with Gasteiger partial charge in [-0.25, -0.2) is 4.39 Å². The van der Waals surface area contributed by atoms with Crippen LogP contribution in [0.4, 0.5) is 4.39 Å². The van der Waals surface area contributed by atoms with E-state index in [-0.39, 0.29) is 17.7 Å². The van der Waals surface area contributed by atoms with Crippen LogP contribution in [0.25, 0.3) is 10.9 Å². The first-order valence-corrected chi connectivity index (χ1v) is 11.8. The SMILES string of the molecule is CC(=O)c1cn(CCCN2C3CCC2CC(Oc2ccc(F)cc2)C3)c2c(Cl)cccc12. The number of hydrogen-bond acceptors (Lipinski definition) is 3. The van der Waals surface area contributed by atoms with Gasteiger partial charge in [0.1, 0.15) is 17.7 Å². The molecule has 4 nitrogen and oxygen atoms in total. The molecule has 3 aromatic rings. The Morgan fingerprint density at radius 2 is 1.81 bits per heavy atom. The van der Waals surface area contributed by atoms with E-state index in [4.69, 9.17) is 16.3 Å². The van der Waals surface area contributed by atoms with E-state index in [0.717, 1.165) is 54.6 Å². The summed E-state index contributed by atoms with van der Waals surface area (Å²) >= 11 is 6.48. The minimum absolute atomic E-state index is 0.0669. The van der Waals surface area contributed by atoms with Gasteiger partial charge in [-0.15, -0.1) is 0 Å². The molecule has 32 heavy (non-hydrogen) atoms. The summed E-state index contributed by atoms with van der Waals surface area (Å²) in [5, 5.41) is 1.62. The Morgan fingerprint density at radius 3 is 2.50 bits per heavy atom. The van der Waals surface area contributed by atoms with Crippen LogP contribution in [0, 0.1) is 5.82 Å². The maximum absolute atomic E-state index is 13.2. The molecule has 3 heterocycles. The van der Waals surface area contributed by atoms with Gasteiger partial charge in [-0.3, -0.25) is 9.69 Å². The van der Waals surface area contributed by atoms with E-state index in [1.807, 2.05) is 24.4 Å². The Hall–Kier alpha value is -2.37. The third kappa shape index (κ3) is 4.16. The standard InChI is InChI=1S/C26H28ClFN2O2/c1-17(31)24-16-29(26-23(24)4-2-5-25(26)27)12-3-13-30-19-8-9-20(30)15-22(14-19)32-21-10-6-18(28)7-11-21/h2,4-7,10-11,16,19-20,22H,3,8-9,12-15H2,1H3. The van der Waals surface area contributed by atoms with E-state index >= 15 is 0 Å². The van der Waals surface area contributed by atoms with Crippen molar-refractivity contribution in [3.8, 4) is 5.75 Å². The van der Waals surface area contributed by atoms with Gasteiger partial charge < -0.3 is 9.30 Å². The lowest BCUT2D eigenvalue weighted by Gasteiger charge is -2.39. The fourth-order valence-electron chi connectivity index (χ4n) is 5.59. The summed E-state index contributed by atoms with van der Waals surface area (Å²) < 4.78 is 21.4. The van der Waals surface area contributed by atoms with Gasteiger partial charge >= 0.3 is 0 Å². The van der Waals surface area contributed by atoms with E-state index in [9.17, 15) is 9.18 Å². The van der Waals surface area contributed by atoms with Crippen LogP contribution in [-0.4, -0.2) is 40.0 Å². The molecule has 2 unspecified atom stereocenters. The Balaban J connectivity index is 1.22. The quantitative estimate of drug-likeness (QED) is 0.404. The summed E-state index contributed by atoms with van der Waals surface area (Å²) in [4.78, 5) is 14.7. The first-order valence-electron chi connectivity index (χ1n) is 11.5. The highest BCUT2D eigenvalue weighted by atomic mass is 35.5. The third-order valence-electron chi connectivity index (χ3n) is 7.00. The zero-order valence-electron chi connectivity index (χ0n) is 18.3. The molecule has 0 saturated carbocycles. The van der Waals surface area contributed by atoms with Crippen molar-refractivity contribution in [2.75, 3.05) is 6.54 Å². The third-order valence-corrected chi connectivity index (χ3v) is 7.31. The molecular formula is C26H28ClFN2O2. The molecular weight excluding hydrogens is 427 g/mol. The van der Waals surface area contributed by atoms with Crippen LogP contribution in [-0.2, 0) is 6.54 Å². The first-order chi connectivity index (χ1) is 15.5. The van der Waals surface area contributed by atoms with Gasteiger partial charge in [0.2, 0.25) is 0 Å². The van der Waals surface area contributed by atoms with Crippen molar-refractivity contribution >= 4 is 28.3 Å². The Bertz CT molecular complexity index is 1110. The van der Waals surface area contributed by atoms with E-state index in [1.165, 1.54) is 25.0 Å². The summed E-state index contributed by atoms with van der Waals surface area (Å²) in [7, 11) is 0. The van der Waals surface area contributed by atoms with Crippen molar-refractivity contribution in [2.45, 2.75) is 63.8 Å². The number of fused-ring (bicyclic) bond motifs is 3. The van der Waals surface area contributed by atoms with Gasteiger partial charge in [-0.2, -0.15) is 0 Å². The number of ketones is 1. The molecule has 2 aliphatic rings. The summed E-state index contributed by atoms with van der Waals surface area (Å²) in [5.41, 5.74) is 1.69. The summed E-state index contributed by atoms with van der Waals surface area (Å²) in [6.07, 6.45) is 7.60. The number of halogens is 2. The number of Topliss-reactive ketones (excluding diaryl/α,β-unsaturated/α-hetero) is 1. The van der Waals surface area contributed by atoms with E-state index in [0.29, 0.717) is 17.1 Å². The molecule has 2 aliphatic heterocycles. The lowest BCUT2D eigenvalue weighted by Crippen LogP contribution is -2.46. The highest BCUT2D eigenvalue weighted by molar-refractivity contribution is 6.35. The van der Waals surface area contributed by atoms with Crippen LogP contribution >= 0.6 is 11.6 Å². The number of aryl methyl sites for hydroxylation is 1. The van der Waals surface area contributed by atoms with Crippen LogP contribution in [0.2, 0.25) is 5.02 Å². The van der Waals surface area contributed by atoms with Crippen LogP contribution in [0.1, 0.15) is 49.4 Å². The maximum Gasteiger partial charge on any atom is 0.161 e. The molecule has 0 spiro atoms. The van der Waals surface area contributed by atoms with Crippen molar-refractivity contribution in [2.24, 2.45) is 0 Å². The molecule has 1 aromatic heterocycles. The van der Waals surface area contributed by atoms with Gasteiger partial charge in [-0.05, 0) is 69.4 Å². The fraction of sp³-hybridized carbons (Fsp3) is 0.423. The van der Waals surface area contributed by atoms with Crippen LogP contribution in [0.15, 0.2) is 48.7 Å². The van der Waals surface area contributed by atoms with E-state index in [1.54, 1.807) is 19.1 Å². The first kappa shape index (κ1) is 21.5. The number of rotatable bonds is 7. The molecule has 2 atom stereocenters. The number of benzene rings is 2. The lowest BCUT2D eigenvalue weighted by molar-refractivity contribution is 0.0481. The molecule has 2 bridgehead atoms. The minimum atomic E-state index is -0.237. The molecule has 0 N–H and O–H groups in total. The topological polar surface area (TPSA) is 34.5 Å². The predicted octanol–water partition coefficient (Wildman–Crippen LogP) is 6.10. The minimum Gasteiger partial charge on any atom is -0.490 e. The van der Waals surface area contributed by atoms with Gasteiger partial charge in [0.25, 0.3) is 0 Å². The molecule has 5 rings (SSSR count).